The summed E-state index contributed by atoms with van der Waals surface area (Å²) in [6.45, 7) is 6.98. The van der Waals surface area contributed by atoms with Gasteiger partial charge in [0.05, 0.1) is 36.9 Å². The van der Waals surface area contributed by atoms with Gasteiger partial charge in [0.25, 0.3) is 5.91 Å². The monoisotopic (exact) mass is 503 g/mol. The number of nitrogens with zero attached hydrogens (tertiary/aromatic N) is 2. The Kier molecular flexibility index (Phi) is 7.12. The topological polar surface area (TPSA) is 152 Å². The highest BCUT2D eigenvalue weighted by atomic mass is 16.5. The van der Waals surface area contributed by atoms with E-state index in [2.05, 4.69) is 41.0 Å². The summed E-state index contributed by atoms with van der Waals surface area (Å²) in [6.07, 6.45) is 0. The predicted molar refractivity (Wildman–Crippen MR) is 141 cm³/mol. The first-order valence-corrected chi connectivity index (χ1v) is 11.6. The number of rotatable bonds is 8. The number of imidazole rings is 1. The minimum atomic E-state index is -1.13. The number of amides is 1. The average molecular weight is 504 g/mol. The highest BCUT2D eigenvalue weighted by Gasteiger charge is 2.22. The van der Waals surface area contributed by atoms with Crippen molar-refractivity contribution in [1.82, 2.24) is 15.0 Å². The van der Waals surface area contributed by atoms with E-state index in [0.717, 1.165) is 0 Å². The Morgan fingerprint density at radius 3 is 2.51 bits per heavy atom. The Labute approximate surface area is 213 Å². The average Bonchev–Trinajstić information content (AvgIpc) is 3.22. The lowest BCUT2D eigenvalue weighted by atomic mass is 9.96. The van der Waals surface area contributed by atoms with Crippen LogP contribution in [0.5, 0.6) is 5.88 Å². The number of fused-ring (bicyclic) bond motifs is 1. The molecule has 5 N–H and O–H groups in total. The second kappa shape index (κ2) is 10.3. The fraction of sp³-hybridized carbons (Fsp3) is 0.259. The van der Waals surface area contributed by atoms with Gasteiger partial charge < -0.3 is 30.6 Å². The zero-order valence-corrected chi connectivity index (χ0v) is 21.1. The molecule has 0 saturated heterocycles. The molecule has 0 unspecified atom stereocenters. The molecule has 10 heteroatoms. The summed E-state index contributed by atoms with van der Waals surface area (Å²) in [5, 5.41) is 12.8. The van der Waals surface area contributed by atoms with Crippen molar-refractivity contribution >= 4 is 34.5 Å². The molecule has 2 aromatic heterocycles. The Balaban J connectivity index is 1.68. The van der Waals surface area contributed by atoms with Crippen LogP contribution in [0.2, 0.25) is 0 Å². The van der Waals surface area contributed by atoms with Crippen molar-refractivity contribution in [2.45, 2.75) is 27.4 Å². The number of hydrogen-bond acceptors (Lipinski definition) is 7. The number of aromatic carboxylic acids is 1. The molecule has 0 radical (unpaired) electrons. The molecule has 1 amide bonds. The van der Waals surface area contributed by atoms with E-state index >= 15 is 0 Å². The molecule has 0 aliphatic rings. The summed E-state index contributed by atoms with van der Waals surface area (Å²) in [5.74, 6) is -1.18. The Bertz CT molecular complexity index is 1470. The molecule has 0 saturated carbocycles. The number of nitrogens with one attached hydrogen (secondary N) is 2. The first-order valence-electron chi connectivity index (χ1n) is 11.6. The second-order valence-corrected chi connectivity index (χ2v) is 9.80. The number of nitrogens with two attached hydrogens (primary N) is 1. The third kappa shape index (κ3) is 6.04. The van der Waals surface area contributed by atoms with E-state index in [4.69, 9.17) is 15.2 Å². The smallest absolute Gasteiger partial charge is 0.336 e. The maximum atomic E-state index is 13.4. The summed E-state index contributed by atoms with van der Waals surface area (Å²) in [7, 11) is 1.44. The number of benzene rings is 2. The molecule has 0 atom stereocenters. The SMILES string of the molecule is COc1ccc(-c2ccc(COCC(C)(C)C)cc2C(=O)O)c(C(=O)Nc2ccc3nc(N)[nH]c3c2)n1. The van der Waals surface area contributed by atoms with Crippen LogP contribution in [-0.4, -0.2) is 45.7 Å². The lowest BCUT2D eigenvalue weighted by molar-refractivity contribution is 0.0596. The van der Waals surface area contributed by atoms with Gasteiger partial charge in [-0.05, 0) is 46.9 Å². The van der Waals surface area contributed by atoms with Crippen LogP contribution in [0.25, 0.3) is 22.2 Å². The second-order valence-electron chi connectivity index (χ2n) is 9.80. The van der Waals surface area contributed by atoms with Crippen LogP contribution in [0.1, 0.15) is 47.2 Å². The van der Waals surface area contributed by atoms with Crippen molar-refractivity contribution in [2.75, 3.05) is 24.8 Å². The maximum absolute atomic E-state index is 13.4. The van der Waals surface area contributed by atoms with E-state index < -0.39 is 11.9 Å². The number of anilines is 2. The number of methoxy groups -OCH3 is 1. The Morgan fingerprint density at radius 2 is 1.81 bits per heavy atom. The van der Waals surface area contributed by atoms with Crippen molar-refractivity contribution in [2.24, 2.45) is 5.41 Å². The largest absolute Gasteiger partial charge is 0.481 e. The van der Waals surface area contributed by atoms with Gasteiger partial charge in [0.2, 0.25) is 5.88 Å². The van der Waals surface area contributed by atoms with Gasteiger partial charge in [0.1, 0.15) is 5.69 Å². The third-order valence-corrected chi connectivity index (χ3v) is 5.46. The van der Waals surface area contributed by atoms with Gasteiger partial charge in [-0.15, -0.1) is 0 Å². The predicted octanol–water partition coefficient (Wildman–Crippen LogP) is 4.73. The normalized spacial score (nSPS) is 11.5. The summed E-state index contributed by atoms with van der Waals surface area (Å²) >= 11 is 0. The number of pyridine rings is 1. The fourth-order valence-electron chi connectivity index (χ4n) is 3.81. The van der Waals surface area contributed by atoms with E-state index in [0.29, 0.717) is 40.0 Å². The van der Waals surface area contributed by atoms with Gasteiger partial charge in [-0.3, -0.25) is 4.79 Å². The number of nitrogen functional groups attached to an aromatic ring is 1. The molecule has 0 fully saturated rings. The highest BCUT2D eigenvalue weighted by molar-refractivity contribution is 6.09. The first-order chi connectivity index (χ1) is 17.5. The zero-order valence-electron chi connectivity index (χ0n) is 21.1. The van der Waals surface area contributed by atoms with E-state index in [1.165, 1.54) is 7.11 Å². The minimum Gasteiger partial charge on any atom is -0.481 e. The van der Waals surface area contributed by atoms with Gasteiger partial charge in [-0.1, -0.05) is 32.9 Å². The third-order valence-electron chi connectivity index (χ3n) is 5.46. The number of H-pyrrole nitrogens is 1. The number of ether oxygens (including phenoxy) is 2. The van der Waals surface area contributed by atoms with Gasteiger partial charge in [0, 0.05) is 17.3 Å². The number of aromatic amines is 1. The van der Waals surface area contributed by atoms with Crippen LogP contribution in [0.4, 0.5) is 11.6 Å². The number of carbonyl (C=O) groups is 2. The summed E-state index contributed by atoms with van der Waals surface area (Å²) < 4.78 is 11.0. The lowest BCUT2D eigenvalue weighted by Crippen LogP contribution is -2.16. The standard InChI is InChI=1S/C27H29N5O5/c1-27(2,3)14-37-13-15-5-7-17(19(11-15)25(34)35)18-8-10-22(36-4)32-23(18)24(33)29-16-6-9-20-21(12-16)31-26(28)30-20/h5-12H,13-14H2,1-4H3,(H,29,33)(H,34,35)(H3,28,30,31). The molecule has 4 rings (SSSR count). The molecular formula is C27H29N5O5. The molecule has 192 valence electrons. The quantitative estimate of drug-likeness (QED) is 0.269. The van der Waals surface area contributed by atoms with E-state index in [1.54, 1.807) is 48.5 Å². The molecule has 0 aliphatic heterocycles. The van der Waals surface area contributed by atoms with Crippen molar-refractivity contribution in [3.8, 4) is 17.0 Å². The van der Waals surface area contributed by atoms with Crippen molar-refractivity contribution in [3.05, 3.63) is 65.4 Å². The van der Waals surface area contributed by atoms with Gasteiger partial charge in [-0.2, -0.15) is 0 Å². The Morgan fingerprint density at radius 1 is 1.05 bits per heavy atom. The number of carboxylic acids is 1. The first kappa shape index (κ1) is 25.6. The number of carbonyl (C=O) groups excluding carboxylic acids is 1. The number of aromatic nitrogens is 3. The molecule has 0 spiro atoms. The molecule has 2 heterocycles. The van der Waals surface area contributed by atoms with Gasteiger partial charge >= 0.3 is 5.97 Å². The Hall–Kier alpha value is -4.44. The van der Waals surface area contributed by atoms with E-state index in [1.807, 2.05) is 0 Å². The van der Waals surface area contributed by atoms with Crippen LogP contribution >= 0.6 is 0 Å². The molecular weight excluding hydrogens is 474 g/mol. The summed E-state index contributed by atoms with van der Waals surface area (Å²) in [5.41, 5.74) is 8.97. The van der Waals surface area contributed by atoms with E-state index in [-0.39, 0.29) is 35.1 Å². The number of carboxylic acid groups (broad SMARTS) is 1. The highest BCUT2D eigenvalue weighted by Crippen LogP contribution is 2.30. The minimum absolute atomic E-state index is 0.0128. The van der Waals surface area contributed by atoms with Crippen LogP contribution in [0, 0.1) is 5.41 Å². The molecule has 0 bridgehead atoms. The lowest BCUT2D eigenvalue weighted by Gasteiger charge is -2.18. The van der Waals surface area contributed by atoms with Crippen LogP contribution in [0.3, 0.4) is 0 Å². The summed E-state index contributed by atoms with van der Waals surface area (Å²) in [4.78, 5) is 37.0. The van der Waals surface area contributed by atoms with Crippen LogP contribution < -0.4 is 15.8 Å². The van der Waals surface area contributed by atoms with Crippen molar-refractivity contribution in [1.29, 1.82) is 0 Å². The summed E-state index contributed by atoms with van der Waals surface area (Å²) in [6, 6.07) is 13.3. The van der Waals surface area contributed by atoms with Crippen molar-refractivity contribution in [3.63, 3.8) is 0 Å². The van der Waals surface area contributed by atoms with Gasteiger partial charge in [-0.25, -0.2) is 14.8 Å². The molecule has 10 nitrogen and oxygen atoms in total. The fourth-order valence-corrected chi connectivity index (χ4v) is 3.81. The molecule has 2 aromatic carbocycles. The van der Waals surface area contributed by atoms with Gasteiger partial charge in [0.15, 0.2) is 5.95 Å². The van der Waals surface area contributed by atoms with Crippen LogP contribution in [0.15, 0.2) is 48.5 Å². The van der Waals surface area contributed by atoms with Crippen molar-refractivity contribution < 1.29 is 24.2 Å². The van der Waals surface area contributed by atoms with E-state index in [9.17, 15) is 14.7 Å². The zero-order chi connectivity index (χ0) is 26.7. The maximum Gasteiger partial charge on any atom is 0.336 e. The molecule has 0 aliphatic carbocycles. The number of hydrogen-bond donors (Lipinski definition) is 4. The molecule has 4 aromatic rings. The van der Waals surface area contributed by atoms with Crippen LogP contribution in [-0.2, 0) is 11.3 Å². The molecule has 37 heavy (non-hydrogen) atoms.